The zero-order valence-electron chi connectivity index (χ0n) is 5.84. The Morgan fingerprint density at radius 2 is 2.40 bits per heavy atom. The lowest BCUT2D eigenvalue weighted by Gasteiger charge is -1.98. The van der Waals surface area contributed by atoms with E-state index in [1.165, 1.54) is 16.5 Å². The van der Waals surface area contributed by atoms with E-state index in [4.69, 9.17) is 0 Å². The third kappa shape index (κ3) is 0.962. The standard InChI is InChI=1S/C7H9IN2/c1-5-7(8)10(4-9-5)6-2-3-6/h4,6H,2-3H2,1H3. The first-order valence-electron chi connectivity index (χ1n) is 3.48. The van der Waals surface area contributed by atoms with Gasteiger partial charge >= 0.3 is 0 Å². The maximum Gasteiger partial charge on any atom is 0.103 e. The molecule has 0 amide bonds. The van der Waals surface area contributed by atoms with Crippen molar-refractivity contribution in [2.24, 2.45) is 0 Å². The van der Waals surface area contributed by atoms with Crippen LogP contribution in [-0.2, 0) is 0 Å². The van der Waals surface area contributed by atoms with Crippen LogP contribution in [0.4, 0.5) is 0 Å². The third-order valence-electron chi connectivity index (χ3n) is 1.84. The Morgan fingerprint density at radius 3 is 2.80 bits per heavy atom. The van der Waals surface area contributed by atoms with Gasteiger partial charge in [-0.1, -0.05) is 0 Å². The molecule has 3 heteroatoms. The number of aryl methyl sites for hydroxylation is 1. The van der Waals surface area contributed by atoms with E-state index in [-0.39, 0.29) is 0 Å². The van der Waals surface area contributed by atoms with Crippen molar-refractivity contribution in [3.05, 3.63) is 15.7 Å². The highest BCUT2D eigenvalue weighted by molar-refractivity contribution is 14.1. The van der Waals surface area contributed by atoms with E-state index in [0.29, 0.717) is 0 Å². The Kier molecular flexibility index (Phi) is 1.47. The number of imidazole rings is 1. The average molecular weight is 248 g/mol. The van der Waals surface area contributed by atoms with Gasteiger partial charge in [-0.3, -0.25) is 0 Å². The molecule has 2 nitrogen and oxygen atoms in total. The Labute approximate surface area is 73.8 Å². The number of nitrogens with zero attached hydrogens (tertiary/aromatic N) is 2. The minimum absolute atomic E-state index is 0.771. The fourth-order valence-corrected chi connectivity index (χ4v) is 1.70. The fraction of sp³-hybridized carbons (Fsp3) is 0.571. The lowest BCUT2D eigenvalue weighted by Crippen LogP contribution is -1.93. The molecule has 0 aromatic carbocycles. The van der Waals surface area contributed by atoms with E-state index in [0.717, 1.165) is 11.7 Å². The maximum atomic E-state index is 4.23. The lowest BCUT2D eigenvalue weighted by molar-refractivity contribution is 0.722. The average Bonchev–Trinajstić information content (AvgIpc) is 2.67. The lowest BCUT2D eigenvalue weighted by atomic mass is 10.5. The molecule has 1 heterocycles. The molecule has 0 atom stereocenters. The van der Waals surface area contributed by atoms with Crippen molar-refractivity contribution in [2.75, 3.05) is 0 Å². The van der Waals surface area contributed by atoms with Crippen molar-refractivity contribution in [1.29, 1.82) is 0 Å². The van der Waals surface area contributed by atoms with Gasteiger partial charge in [0.15, 0.2) is 0 Å². The van der Waals surface area contributed by atoms with Gasteiger partial charge in [0, 0.05) is 6.04 Å². The summed E-state index contributed by atoms with van der Waals surface area (Å²) in [6.07, 6.45) is 4.63. The second-order valence-electron chi connectivity index (χ2n) is 2.76. The first-order valence-corrected chi connectivity index (χ1v) is 4.56. The fourth-order valence-electron chi connectivity index (χ4n) is 1.05. The quantitative estimate of drug-likeness (QED) is 0.696. The van der Waals surface area contributed by atoms with E-state index < -0.39 is 0 Å². The highest BCUT2D eigenvalue weighted by Crippen LogP contribution is 2.36. The molecule has 0 radical (unpaired) electrons. The summed E-state index contributed by atoms with van der Waals surface area (Å²) in [5, 5.41) is 0. The first-order chi connectivity index (χ1) is 4.79. The summed E-state index contributed by atoms with van der Waals surface area (Å²) in [5.74, 6) is 0. The van der Waals surface area contributed by atoms with Crippen molar-refractivity contribution in [1.82, 2.24) is 9.55 Å². The summed E-state index contributed by atoms with van der Waals surface area (Å²) in [6.45, 7) is 2.06. The van der Waals surface area contributed by atoms with Crippen LogP contribution in [0.3, 0.4) is 0 Å². The summed E-state index contributed by atoms with van der Waals surface area (Å²) in [4.78, 5) is 4.23. The van der Waals surface area contributed by atoms with E-state index in [1.54, 1.807) is 0 Å². The number of hydrogen-bond acceptors (Lipinski definition) is 1. The van der Waals surface area contributed by atoms with E-state index >= 15 is 0 Å². The monoisotopic (exact) mass is 248 g/mol. The van der Waals surface area contributed by atoms with Crippen molar-refractivity contribution in [2.45, 2.75) is 25.8 Å². The summed E-state index contributed by atoms with van der Waals surface area (Å²) >= 11 is 2.36. The zero-order valence-corrected chi connectivity index (χ0v) is 8.00. The molecule has 0 unspecified atom stereocenters. The van der Waals surface area contributed by atoms with Crippen LogP contribution in [0, 0.1) is 10.6 Å². The molecule has 0 saturated heterocycles. The molecular weight excluding hydrogens is 239 g/mol. The predicted molar refractivity (Wildman–Crippen MR) is 48.0 cm³/mol. The molecular formula is C7H9IN2. The van der Waals surface area contributed by atoms with Gasteiger partial charge in [0.05, 0.1) is 12.0 Å². The van der Waals surface area contributed by atoms with Crippen LogP contribution in [0.25, 0.3) is 0 Å². The van der Waals surface area contributed by atoms with Gasteiger partial charge in [-0.25, -0.2) is 4.98 Å². The van der Waals surface area contributed by atoms with Gasteiger partial charge in [-0.15, -0.1) is 0 Å². The van der Waals surface area contributed by atoms with Crippen LogP contribution in [0.15, 0.2) is 6.33 Å². The SMILES string of the molecule is Cc1ncn(C2CC2)c1I. The molecule has 10 heavy (non-hydrogen) atoms. The summed E-state index contributed by atoms with van der Waals surface area (Å²) in [6, 6.07) is 0.771. The van der Waals surface area contributed by atoms with Crippen molar-refractivity contribution < 1.29 is 0 Å². The molecule has 1 aliphatic carbocycles. The Hall–Kier alpha value is -0.0600. The van der Waals surface area contributed by atoms with Gasteiger partial charge in [0.25, 0.3) is 0 Å². The number of rotatable bonds is 1. The minimum atomic E-state index is 0.771. The number of halogens is 1. The molecule has 1 aliphatic rings. The minimum Gasteiger partial charge on any atom is -0.323 e. The zero-order chi connectivity index (χ0) is 7.14. The molecule has 0 N–H and O–H groups in total. The van der Waals surface area contributed by atoms with E-state index in [9.17, 15) is 0 Å². The van der Waals surface area contributed by atoms with Gasteiger partial charge in [-0.05, 0) is 42.4 Å². The summed E-state index contributed by atoms with van der Waals surface area (Å²) in [7, 11) is 0. The molecule has 0 bridgehead atoms. The van der Waals surface area contributed by atoms with Gasteiger partial charge < -0.3 is 4.57 Å². The first kappa shape index (κ1) is 6.64. The molecule has 1 saturated carbocycles. The highest BCUT2D eigenvalue weighted by Gasteiger charge is 2.25. The Morgan fingerprint density at radius 1 is 1.70 bits per heavy atom. The summed E-state index contributed by atoms with van der Waals surface area (Å²) < 4.78 is 3.58. The molecule has 1 aromatic rings. The van der Waals surface area contributed by atoms with Crippen LogP contribution in [-0.4, -0.2) is 9.55 Å². The molecule has 2 rings (SSSR count). The molecule has 0 spiro atoms. The van der Waals surface area contributed by atoms with Crippen molar-refractivity contribution >= 4 is 22.6 Å². The smallest absolute Gasteiger partial charge is 0.103 e. The maximum absolute atomic E-state index is 4.23. The van der Waals surface area contributed by atoms with Gasteiger partial charge in [0.2, 0.25) is 0 Å². The normalized spacial score (nSPS) is 17.8. The highest BCUT2D eigenvalue weighted by atomic mass is 127. The third-order valence-corrected chi connectivity index (χ3v) is 3.18. The van der Waals surface area contributed by atoms with E-state index in [1.807, 2.05) is 6.33 Å². The van der Waals surface area contributed by atoms with Crippen LogP contribution < -0.4 is 0 Å². The Balaban J connectivity index is 2.40. The second kappa shape index (κ2) is 2.22. The molecule has 1 aromatic heterocycles. The van der Waals surface area contributed by atoms with Crippen LogP contribution in [0.2, 0.25) is 0 Å². The van der Waals surface area contributed by atoms with Crippen LogP contribution >= 0.6 is 22.6 Å². The topological polar surface area (TPSA) is 17.8 Å². The van der Waals surface area contributed by atoms with Crippen LogP contribution in [0.5, 0.6) is 0 Å². The Bertz CT molecular complexity index is 250. The largest absolute Gasteiger partial charge is 0.323 e. The van der Waals surface area contributed by atoms with E-state index in [2.05, 4.69) is 39.1 Å². The van der Waals surface area contributed by atoms with Gasteiger partial charge in [0.1, 0.15) is 3.70 Å². The molecule has 1 fully saturated rings. The van der Waals surface area contributed by atoms with Gasteiger partial charge in [-0.2, -0.15) is 0 Å². The number of aromatic nitrogens is 2. The number of hydrogen-bond donors (Lipinski definition) is 0. The predicted octanol–water partition coefficient (Wildman–Crippen LogP) is 2.13. The van der Waals surface area contributed by atoms with Crippen molar-refractivity contribution in [3.8, 4) is 0 Å². The molecule has 54 valence electrons. The van der Waals surface area contributed by atoms with Crippen molar-refractivity contribution in [3.63, 3.8) is 0 Å². The summed E-state index contributed by atoms with van der Waals surface area (Å²) in [5.41, 5.74) is 1.16. The molecule has 0 aliphatic heterocycles. The second-order valence-corrected chi connectivity index (χ2v) is 3.78. The van der Waals surface area contributed by atoms with Crippen LogP contribution in [0.1, 0.15) is 24.6 Å².